The number of benzene rings is 1. The quantitative estimate of drug-likeness (QED) is 0.847. The highest BCUT2D eigenvalue weighted by molar-refractivity contribution is 5.85. The molecule has 0 spiro atoms. The molecule has 0 fully saturated rings. The minimum Gasteiger partial charge on any atom is -0.477 e. The minimum absolute atomic E-state index is 0.254. The van der Waals surface area contributed by atoms with Crippen LogP contribution >= 0.6 is 0 Å². The van der Waals surface area contributed by atoms with Crippen molar-refractivity contribution < 1.29 is 9.90 Å². The lowest BCUT2D eigenvalue weighted by molar-refractivity contribution is 0.0691. The normalized spacial score (nSPS) is 10.4. The topological polar surface area (TPSA) is 53.1 Å². The molecule has 17 heavy (non-hydrogen) atoms. The first-order valence-electron chi connectivity index (χ1n) is 5.62. The molecule has 0 aliphatic heterocycles. The van der Waals surface area contributed by atoms with Gasteiger partial charge in [0.15, 0.2) is 0 Å². The molecule has 3 nitrogen and oxygen atoms in total. The smallest absolute Gasteiger partial charge is 0.352 e. The van der Waals surface area contributed by atoms with E-state index in [4.69, 9.17) is 5.11 Å². The summed E-state index contributed by atoms with van der Waals surface area (Å²) >= 11 is 0. The molecular formula is C14H15NO2. The van der Waals surface area contributed by atoms with Crippen LogP contribution in [0.15, 0.2) is 36.5 Å². The first-order valence-corrected chi connectivity index (χ1v) is 5.62. The monoisotopic (exact) mass is 229 g/mol. The lowest BCUT2D eigenvalue weighted by Crippen LogP contribution is -1.95. The average molecular weight is 229 g/mol. The van der Waals surface area contributed by atoms with Crippen molar-refractivity contribution in [2.45, 2.75) is 19.8 Å². The van der Waals surface area contributed by atoms with Gasteiger partial charge in [-0.05, 0) is 42.5 Å². The second-order valence-electron chi connectivity index (χ2n) is 4.15. The standard InChI is InChI=1S/C14H15NO2/c1-10-4-2-3-5-12(10)7-6-11-8-13(14(16)17)15-9-11/h2-5,8-9,15H,6-7H2,1H3,(H,16,17). The molecule has 0 amide bonds. The summed E-state index contributed by atoms with van der Waals surface area (Å²) in [6.07, 6.45) is 3.56. The first-order chi connectivity index (χ1) is 8.16. The van der Waals surface area contributed by atoms with Crippen LogP contribution in [0.1, 0.15) is 27.2 Å². The van der Waals surface area contributed by atoms with Crippen molar-refractivity contribution in [1.29, 1.82) is 0 Å². The van der Waals surface area contributed by atoms with Crippen LogP contribution in [0, 0.1) is 6.92 Å². The van der Waals surface area contributed by atoms with Crippen molar-refractivity contribution in [1.82, 2.24) is 4.98 Å². The number of aryl methyl sites for hydroxylation is 3. The molecular weight excluding hydrogens is 214 g/mol. The molecule has 0 aliphatic rings. The fourth-order valence-electron chi connectivity index (χ4n) is 1.88. The maximum atomic E-state index is 10.7. The van der Waals surface area contributed by atoms with Gasteiger partial charge in [0.25, 0.3) is 0 Å². The van der Waals surface area contributed by atoms with E-state index < -0.39 is 5.97 Å². The highest BCUT2D eigenvalue weighted by Gasteiger charge is 2.06. The summed E-state index contributed by atoms with van der Waals surface area (Å²) in [5, 5.41) is 8.80. The molecule has 0 unspecified atom stereocenters. The molecule has 2 N–H and O–H groups in total. The van der Waals surface area contributed by atoms with Crippen LogP contribution in [-0.4, -0.2) is 16.1 Å². The van der Waals surface area contributed by atoms with Gasteiger partial charge >= 0.3 is 5.97 Å². The van der Waals surface area contributed by atoms with E-state index in [-0.39, 0.29) is 5.69 Å². The number of hydrogen-bond acceptors (Lipinski definition) is 1. The molecule has 3 heteroatoms. The Bertz CT molecular complexity index is 529. The van der Waals surface area contributed by atoms with Gasteiger partial charge in [0, 0.05) is 6.20 Å². The van der Waals surface area contributed by atoms with Gasteiger partial charge in [0.1, 0.15) is 5.69 Å². The van der Waals surface area contributed by atoms with Crippen molar-refractivity contribution in [3.05, 3.63) is 58.9 Å². The van der Waals surface area contributed by atoms with Crippen LogP contribution in [0.25, 0.3) is 0 Å². The third-order valence-corrected chi connectivity index (χ3v) is 2.92. The van der Waals surface area contributed by atoms with Gasteiger partial charge in [-0.2, -0.15) is 0 Å². The lowest BCUT2D eigenvalue weighted by atomic mass is 10.0. The highest BCUT2D eigenvalue weighted by Crippen LogP contribution is 2.12. The largest absolute Gasteiger partial charge is 0.477 e. The third-order valence-electron chi connectivity index (χ3n) is 2.92. The molecule has 0 saturated heterocycles. The molecule has 2 rings (SSSR count). The van der Waals surface area contributed by atoms with Crippen LogP contribution in [0.5, 0.6) is 0 Å². The van der Waals surface area contributed by atoms with E-state index in [0.29, 0.717) is 0 Å². The van der Waals surface area contributed by atoms with Crippen molar-refractivity contribution in [2.24, 2.45) is 0 Å². The van der Waals surface area contributed by atoms with E-state index in [0.717, 1.165) is 18.4 Å². The summed E-state index contributed by atoms with van der Waals surface area (Å²) in [5.41, 5.74) is 3.88. The number of H-pyrrole nitrogens is 1. The fraction of sp³-hybridized carbons (Fsp3) is 0.214. The molecule has 1 heterocycles. The summed E-state index contributed by atoms with van der Waals surface area (Å²) in [6.45, 7) is 2.09. The van der Waals surface area contributed by atoms with E-state index in [1.807, 2.05) is 12.1 Å². The molecule has 0 bridgehead atoms. The SMILES string of the molecule is Cc1ccccc1CCc1c[nH]c(C(=O)O)c1. The summed E-state index contributed by atoms with van der Waals surface area (Å²) < 4.78 is 0. The van der Waals surface area contributed by atoms with Gasteiger partial charge < -0.3 is 10.1 Å². The molecule has 0 atom stereocenters. The van der Waals surface area contributed by atoms with Gasteiger partial charge in [0.05, 0.1) is 0 Å². The molecule has 2 aromatic rings. The Morgan fingerprint density at radius 1 is 1.29 bits per heavy atom. The number of aromatic carboxylic acids is 1. The molecule has 88 valence electrons. The van der Waals surface area contributed by atoms with Crippen LogP contribution in [0.4, 0.5) is 0 Å². The second kappa shape index (κ2) is 4.87. The summed E-state index contributed by atoms with van der Waals surface area (Å²) in [4.78, 5) is 13.5. The van der Waals surface area contributed by atoms with Gasteiger partial charge in [-0.3, -0.25) is 0 Å². The van der Waals surface area contributed by atoms with Crippen LogP contribution in [0.3, 0.4) is 0 Å². The number of aromatic nitrogens is 1. The van der Waals surface area contributed by atoms with E-state index in [2.05, 4.69) is 24.0 Å². The Kier molecular flexibility index (Phi) is 3.28. The van der Waals surface area contributed by atoms with Gasteiger partial charge in [-0.1, -0.05) is 24.3 Å². The fourth-order valence-corrected chi connectivity index (χ4v) is 1.88. The summed E-state index contributed by atoms with van der Waals surface area (Å²) in [5.74, 6) is -0.910. The molecule has 0 aliphatic carbocycles. The zero-order chi connectivity index (χ0) is 12.3. The van der Waals surface area contributed by atoms with E-state index in [1.165, 1.54) is 11.1 Å². The first kappa shape index (κ1) is 11.5. The molecule has 1 aromatic heterocycles. The van der Waals surface area contributed by atoms with Gasteiger partial charge in [-0.15, -0.1) is 0 Å². The van der Waals surface area contributed by atoms with E-state index >= 15 is 0 Å². The zero-order valence-electron chi connectivity index (χ0n) is 9.73. The number of carboxylic acid groups (broad SMARTS) is 1. The number of rotatable bonds is 4. The Balaban J connectivity index is 2.02. The predicted octanol–water partition coefficient (Wildman–Crippen LogP) is 2.81. The highest BCUT2D eigenvalue weighted by atomic mass is 16.4. The number of hydrogen-bond donors (Lipinski definition) is 2. The predicted molar refractivity (Wildman–Crippen MR) is 66.3 cm³/mol. The van der Waals surface area contributed by atoms with Crippen molar-refractivity contribution in [2.75, 3.05) is 0 Å². The van der Waals surface area contributed by atoms with Crippen LogP contribution < -0.4 is 0 Å². The molecule has 0 saturated carbocycles. The van der Waals surface area contributed by atoms with Crippen LogP contribution in [0.2, 0.25) is 0 Å². The number of carbonyl (C=O) groups is 1. The second-order valence-corrected chi connectivity index (χ2v) is 4.15. The number of carboxylic acids is 1. The number of aromatic amines is 1. The molecule has 1 aromatic carbocycles. The Hall–Kier alpha value is -2.03. The summed E-state index contributed by atoms with van der Waals surface area (Å²) in [6, 6.07) is 9.95. The van der Waals surface area contributed by atoms with Crippen molar-refractivity contribution >= 4 is 5.97 Å². The maximum absolute atomic E-state index is 10.7. The lowest BCUT2D eigenvalue weighted by Gasteiger charge is -2.03. The zero-order valence-corrected chi connectivity index (χ0v) is 9.73. The van der Waals surface area contributed by atoms with Gasteiger partial charge in [0.2, 0.25) is 0 Å². The van der Waals surface area contributed by atoms with Crippen LogP contribution in [-0.2, 0) is 12.8 Å². The third kappa shape index (κ3) is 2.75. The minimum atomic E-state index is -0.910. The Morgan fingerprint density at radius 3 is 2.71 bits per heavy atom. The average Bonchev–Trinajstić information content (AvgIpc) is 2.77. The van der Waals surface area contributed by atoms with Crippen molar-refractivity contribution in [3.63, 3.8) is 0 Å². The van der Waals surface area contributed by atoms with E-state index in [1.54, 1.807) is 12.3 Å². The molecule has 0 radical (unpaired) electrons. The number of nitrogens with one attached hydrogen (secondary N) is 1. The van der Waals surface area contributed by atoms with Crippen molar-refractivity contribution in [3.8, 4) is 0 Å². The Labute approximate surface area is 100 Å². The van der Waals surface area contributed by atoms with E-state index in [9.17, 15) is 4.79 Å². The summed E-state index contributed by atoms with van der Waals surface area (Å²) in [7, 11) is 0. The maximum Gasteiger partial charge on any atom is 0.352 e. The Morgan fingerprint density at radius 2 is 2.06 bits per heavy atom. The van der Waals surface area contributed by atoms with Gasteiger partial charge in [-0.25, -0.2) is 4.79 Å².